The van der Waals surface area contributed by atoms with Crippen molar-refractivity contribution in [3.05, 3.63) is 44.1 Å². The number of nitrogens with zero attached hydrogens (tertiary/aromatic N) is 3. The van der Waals surface area contributed by atoms with Crippen molar-refractivity contribution in [2.24, 2.45) is 0 Å². The maximum absolute atomic E-state index is 12.2. The van der Waals surface area contributed by atoms with E-state index in [4.69, 9.17) is 4.89 Å². The van der Waals surface area contributed by atoms with Gasteiger partial charge in [-0.05, 0) is 37.1 Å². The minimum Gasteiger partial charge on any atom is -0.756 e. The van der Waals surface area contributed by atoms with E-state index in [0.717, 1.165) is 11.1 Å². The summed E-state index contributed by atoms with van der Waals surface area (Å²) in [6.07, 6.45) is -5.49. The Morgan fingerprint density at radius 3 is 2.29 bits per heavy atom. The summed E-state index contributed by atoms with van der Waals surface area (Å²) in [5, 5.41) is 30.5. The van der Waals surface area contributed by atoms with Crippen LogP contribution in [0.5, 0.6) is 0 Å². The molecule has 2 heterocycles. The summed E-state index contributed by atoms with van der Waals surface area (Å²) in [7, 11) is -5.14. The largest absolute Gasteiger partial charge is 1.00 e. The van der Waals surface area contributed by atoms with Gasteiger partial charge in [0.1, 0.15) is 18.3 Å². The van der Waals surface area contributed by atoms with Crippen molar-refractivity contribution >= 4 is 18.9 Å². The number of nitrogens with one attached hydrogen (secondary N) is 1. The zero-order chi connectivity index (χ0) is 23.1. The molecule has 0 saturated carbocycles. The van der Waals surface area contributed by atoms with Gasteiger partial charge < -0.3 is 45.1 Å². The van der Waals surface area contributed by atoms with Gasteiger partial charge in [-0.15, -0.1) is 0 Å². The predicted octanol–water partition coefficient (Wildman–Crippen LogP) is -6.88. The summed E-state index contributed by atoms with van der Waals surface area (Å²) in [6, 6.07) is 3.40. The number of aryl methyl sites for hydroxylation is 2. The smallest absolute Gasteiger partial charge is 0.756 e. The van der Waals surface area contributed by atoms with Crippen LogP contribution < -0.4 is 45.7 Å². The maximum atomic E-state index is 12.2. The van der Waals surface area contributed by atoms with Gasteiger partial charge >= 0.3 is 35.2 Å². The Morgan fingerprint density at radius 2 is 1.71 bits per heavy atom. The molecule has 0 radical (unpaired) electrons. The molecule has 1 unspecified atom stereocenters. The summed E-state index contributed by atoms with van der Waals surface area (Å²) >= 11 is 0. The summed E-state index contributed by atoms with van der Waals surface area (Å²) in [4.78, 5) is 53.3. The first kappa shape index (κ1) is 32.4. The van der Waals surface area contributed by atoms with Crippen molar-refractivity contribution in [2.45, 2.75) is 38.7 Å². The number of phosphoric acid groups is 1. The second kappa shape index (κ2) is 12.4. The van der Waals surface area contributed by atoms with Gasteiger partial charge in [-0.25, -0.2) is 9.78 Å². The van der Waals surface area contributed by atoms with Crippen LogP contribution in [0.1, 0.15) is 11.1 Å². The molecule has 9 N–H and O–H groups in total. The van der Waals surface area contributed by atoms with Crippen molar-refractivity contribution in [1.29, 1.82) is 0 Å². The van der Waals surface area contributed by atoms with Gasteiger partial charge in [0.15, 0.2) is 11.5 Å². The van der Waals surface area contributed by atoms with Gasteiger partial charge in [-0.1, -0.05) is 0 Å². The van der Waals surface area contributed by atoms with E-state index in [-0.39, 0.29) is 52.0 Å². The fourth-order valence-electron chi connectivity index (χ4n) is 3.06. The minimum atomic E-state index is -5.14. The van der Waals surface area contributed by atoms with Gasteiger partial charge in [-0.2, -0.15) is 4.98 Å². The van der Waals surface area contributed by atoms with Crippen LogP contribution in [0.4, 0.5) is 0 Å². The van der Waals surface area contributed by atoms with Crippen LogP contribution in [-0.4, -0.2) is 75.6 Å². The number of hydrogen-bond donors (Lipinski definition) is 5. The number of aromatic amines is 1. The van der Waals surface area contributed by atoms with Crippen LogP contribution >= 0.6 is 7.82 Å². The van der Waals surface area contributed by atoms with E-state index >= 15 is 0 Å². The molecule has 1 aromatic rings. The second-order valence-electron chi connectivity index (χ2n) is 7.08. The predicted molar refractivity (Wildman–Crippen MR) is 112 cm³/mol. The van der Waals surface area contributed by atoms with E-state index in [1.807, 2.05) is 18.8 Å². The van der Waals surface area contributed by atoms with E-state index in [1.165, 1.54) is 4.57 Å². The zero-order valence-electron chi connectivity index (χ0n) is 18.4. The first-order chi connectivity index (χ1) is 14.4. The number of H-pyrrole nitrogens is 1. The molecular formula is C17H24N4NaO11P. The SMILES string of the molecule is Cc1cc2nc3c(=O)[nH]c(=O)nc-3n(C[C@H](O)[C@@H](O)[C@H](O)COP(=O)([O-])O)c2cc1C.O.O.[Na+]. The molecule has 0 spiro atoms. The molecule has 0 aliphatic carbocycles. The number of aromatic nitrogens is 4. The third-order valence-corrected chi connectivity index (χ3v) is 5.27. The third-order valence-electron chi connectivity index (χ3n) is 4.79. The van der Waals surface area contributed by atoms with Crippen LogP contribution in [0.3, 0.4) is 0 Å². The number of fused-ring (bicyclic) bond motifs is 2. The summed E-state index contributed by atoms with van der Waals surface area (Å²) in [5.41, 5.74) is 0.565. The monoisotopic (exact) mass is 514 g/mol. The molecule has 2 aliphatic rings. The molecule has 17 heteroatoms. The van der Waals surface area contributed by atoms with E-state index in [2.05, 4.69) is 14.5 Å². The van der Waals surface area contributed by atoms with Crippen LogP contribution in [0, 0.1) is 13.8 Å². The number of benzene rings is 1. The van der Waals surface area contributed by atoms with Gasteiger partial charge in [0.25, 0.3) is 13.4 Å². The van der Waals surface area contributed by atoms with Crippen LogP contribution in [0.25, 0.3) is 22.6 Å². The van der Waals surface area contributed by atoms with Gasteiger partial charge in [0.2, 0.25) is 0 Å². The van der Waals surface area contributed by atoms with Gasteiger partial charge in [0.05, 0.1) is 24.2 Å². The quantitative estimate of drug-likeness (QED) is 0.112. The van der Waals surface area contributed by atoms with Crippen molar-refractivity contribution in [1.82, 2.24) is 19.5 Å². The van der Waals surface area contributed by atoms with E-state index in [0.29, 0.717) is 11.0 Å². The molecule has 0 saturated heterocycles. The van der Waals surface area contributed by atoms with Gasteiger partial charge in [-0.3, -0.25) is 14.3 Å². The molecular weight excluding hydrogens is 490 g/mol. The molecule has 34 heavy (non-hydrogen) atoms. The first-order valence-corrected chi connectivity index (χ1v) is 10.5. The van der Waals surface area contributed by atoms with Crippen molar-refractivity contribution in [3.63, 3.8) is 0 Å². The number of aliphatic hydroxyl groups is 3. The zero-order valence-corrected chi connectivity index (χ0v) is 21.3. The molecule has 0 aromatic heterocycles. The van der Waals surface area contributed by atoms with Crippen LogP contribution in [-0.2, 0) is 15.6 Å². The molecule has 2 aliphatic heterocycles. The van der Waals surface area contributed by atoms with Crippen molar-refractivity contribution < 1.29 is 74.7 Å². The maximum Gasteiger partial charge on any atom is 1.00 e. The molecule has 15 nitrogen and oxygen atoms in total. The Kier molecular flexibility index (Phi) is 11.8. The Balaban J connectivity index is 0.00000363. The van der Waals surface area contributed by atoms with E-state index in [9.17, 15) is 34.4 Å². The Labute approximate surface area is 213 Å². The summed E-state index contributed by atoms with van der Waals surface area (Å²) < 4.78 is 16.0. The number of rotatable bonds is 7. The standard InChI is InChI=1S/C17H21N4O9P.Na.2H2O/c1-7-3-9-10(4-8(7)2)21(15-13(18-9)16(25)20-17(26)19-15)5-11(22)14(24)12(23)6-30-31(27,28)29;;;/h3-4,11-12,14,22-24H,5-6H2,1-2H3,(H,20,25,26)(H2,27,28,29);;2*1H2/q;+1;;/p-1/t11-,12+,14+;;;/m0.../s1. The number of aliphatic hydroxyl groups excluding tert-OH is 3. The topological polar surface area (TPSA) is 274 Å². The number of phosphoric ester groups is 1. The Morgan fingerprint density at radius 1 is 1.12 bits per heavy atom. The third kappa shape index (κ3) is 7.21. The summed E-state index contributed by atoms with van der Waals surface area (Å²) in [5.74, 6) is -0.152. The molecule has 1 aromatic carbocycles. The first-order valence-electron chi connectivity index (χ1n) is 9.01. The minimum absolute atomic E-state index is 0. The molecule has 0 bridgehead atoms. The Hall–Kier alpha value is -1.59. The summed E-state index contributed by atoms with van der Waals surface area (Å²) in [6.45, 7) is 2.20. The molecule has 0 amide bonds. The van der Waals surface area contributed by atoms with E-state index < -0.39 is 50.5 Å². The normalized spacial score (nSPS) is 15.4. The van der Waals surface area contributed by atoms with Crippen molar-refractivity contribution in [3.8, 4) is 11.5 Å². The molecule has 184 valence electrons. The Bertz CT molecular complexity index is 1260. The van der Waals surface area contributed by atoms with Crippen molar-refractivity contribution in [2.75, 3.05) is 6.61 Å². The molecule has 0 fully saturated rings. The van der Waals surface area contributed by atoms with Crippen LogP contribution in [0.2, 0.25) is 0 Å². The average molecular weight is 514 g/mol. The molecule has 4 atom stereocenters. The average Bonchev–Trinajstić information content (AvgIpc) is 2.67. The van der Waals surface area contributed by atoms with E-state index in [1.54, 1.807) is 12.1 Å². The van der Waals surface area contributed by atoms with Crippen LogP contribution in [0.15, 0.2) is 21.7 Å². The second-order valence-corrected chi connectivity index (χ2v) is 8.28. The number of hydrogen-bond acceptors (Lipinski definition) is 10. The fraction of sp³-hybridized carbons (Fsp3) is 0.412. The van der Waals surface area contributed by atoms with Gasteiger partial charge in [0, 0.05) is 0 Å². The molecule has 3 rings (SSSR count). The fourth-order valence-corrected chi connectivity index (χ4v) is 3.40.